The molecule has 3 atom stereocenters. The summed E-state index contributed by atoms with van der Waals surface area (Å²) in [6.07, 6.45) is 6.61. The quantitative estimate of drug-likeness (QED) is 0.652. The van der Waals surface area contributed by atoms with Crippen LogP contribution in [0.5, 0.6) is 5.88 Å². The van der Waals surface area contributed by atoms with Gasteiger partial charge < -0.3 is 9.84 Å². The second kappa shape index (κ2) is 8.25. The zero-order valence-corrected chi connectivity index (χ0v) is 17.0. The Kier molecular flexibility index (Phi) is 5.53. The highest BCUT2D eigenvalue weighted by Gasteiger charge is 2.40. The van der Waals surface area contributed by atoms with Gasteiger partial charge in [0.15, 0.2) is 0 Å². The first-order valence-corrected chi connectivity index (χ1v) is 10.1. The van der Waals surface area contributed by atoms with Gasteiger partial charge in [0.1, 0.15) is 5.82 Å². The van der Waals surface area contributed by atoms with Crippen molar-refractivity contribution in [3.63, 3.8) is 0 Å². The van der Waals surface area contributed by atoms with E-state index in [1.807, 2.05) is 39.1 Å². The molecule has 6 heteroatoms. The van der Waals surface area contributed by atoms with Crippen LogP contribution in [0.1, 0.15) is 54.6 Å². The Morgan fingerprint density at radius 2 is 1.93 bits per heavy atom. The molecule has 0 spiro atoms. The highest BCUT2D eigenvalue weighted by Crippen LogP contribution is 2.47. The average Bonchev–Trinajstić information content (AvgIpc) is 3.52. The maximum atomic E-state index is 9.95. The Morgan fingerprint density at radius 1 is 1.07 bits per heavy atom. The summed E-state index contributed by atoms with van der Waals surface area (Å²) in [5.41, 5.74) is 4.66. The molecular formula is C23H26N4O2. The van der Waals surface area contributed by atoms with E-state index in [1.165, 1.54) is 5.56 Å². The van der Waals surface area contributed by atoms with Crippen LogP contribution in [0.3, 0.4) is 0 Å². The van der Waals surface area contributed by atoms with Crippen molar-refractivity contribution in [2.24, 2.45) is 5.92 Å². The summed E-state index contributed by atoms with van der Waals surface area (Å²) in [4.78, 5) is 17.8. The second-order valence-electron chi connectivity index (χ2n) is 7.71. The van der Waals surface area contributed by atoms with Crippen molar-refractivity contribution in [2.75, 3.05) is 6.61 Å². The number of aliphatic hydroxyl groups is 1. The van der Waals surface area contributed by atoms with Crippen LogP contribution in [0.4, 0.5) is 0 Å². The number of hydrogen-bond acceptors (Lipinski definition) is 6. The van der Waals surface area contributed by atoms with Crippen molar-refractivity contribution in [3.8, 4) is 17.0 Å². The Morgan fingerprint density at radius 3 is 2.62 bits per heavy atom. The molecule has 1 saturated carbocycles. The van der Waals surface area contributed by atoms with Gasteiger partial charge in [-0.25, -0.2) is 4.98 Å². The molecule has 0 amide bonds. The fraction of sp³-hybridized carbons (Fsp3) is 0.391. The number of aryl methyl sites for hydroxylation is 2. The fourth-order valence-corrected chi connectivity index (χ4v) is 3.41. The van der Waals surface area contributed by atoms with E-state index >= 15 is 0 Å². The van der Waals surface area contributed by atoms with E-state index in [-0.39, 0.29) is 0 Å². The van der Waals surface area contributed by atoms with E-state index in [0.29, 0.717) is 42.3 Å². The first-order chi connectivity index (χ1) is 14.0. The van der Waals surface area contributed by atoms with Crippen molar-refractivity contribution in [1.82, 2.24) is 19.9 Å². The summed E-state index contributed by atoms with van der Waals surface area (Å²) in [6, 6.07) is 7.99. The van der Waals surface area contributed by atoms with Gasteiger partial charge in [-0.3, -0.25) is 9.97 Å². The normalized spacial score (nSPS) is 19.0. The van der Waals surface area contributed by atoms with Gasteiger partial charge in [0, 0.05) is 41.7 Å². The summed E-state index contributed by atoms with van der Waals surface area (Å²) >= 11 is 0. The number of pyridine rings is 2. The monoisotopic (exact) mass is 390 g/mol. The third kappa shape index (κ3) is 4.43. The molecular weight excluding hydrogens is 364 g/mol. The molecule has 150 valence electrons. The first-order valence-electron chi connectivity index (χ1n) is 10.1. The molecule has 0 aliphatic heterocycles. The molecule has 1 aliphatic carbocycles. The molecule has 3 aromatic heterocycles. The fourth-order valence-electron chi connectivity index (χ4n) is 3.41. The molecule has 1 fully saturated rings. The van der Waals surface area contributed by atoms with Crippen LogP contribution in [0, 0.1) is 19.8 Å². The topological polar surface area (TPSA) is 81.0 Å². The molecule has 3 aromatic rings. The Labute approximate surface area is 171 Å². The lowest BCUT2D eigenvalue weighted by Gasteiger charge is -2.12. The first kappa shape index (κ1) is 19.5. The van der Waals surface area contributed by atoms with Crippen LogP contribution in [-0.4, -0.2) is 31.6 Å². The van der Waals surface area contributed by atoms with E-state index in [2.05, 4.69) is 32.1 Å². The van der Waals surface area contributed by atoms with Gasteiger partial charge in [-0.15, -0.1) is 0 Å². The Hall–Kier alpha value is -2.86. The molecule has 1 unspecified atom stereocenters. The molecule has 1 aliphatic rings. The Bertz CT molecular complexity index is 973. The summed E-state index contributed by atoms with van der Waals surface area (Å²) in [5, 5.41) is 9.95. The maximum absolute atomic E-state index is 9.95. The summed E-state index contributed by atoms with van der Waals surface area (Å²) in [7, 11) is 0. The number of aromatic nitrogens is 4. The van der Waals surface area contributed by atoms with Crippen molar-refractivity contribution < 1.29 is 9.84 Å². The maximum Gasteiger partial charge on any atom is 0.224 e. The number of rotatable bonds is 7. The molecule has 1 N–H and O–H groups in total. The summed E-state index contributed by atoms with van der Waals surface area (Å²) in [5.74, 6) is 2.15. The van der Waals surface area contributed by atoms with Gasteiger partial charge in [0.05, 0.1) is 24.0 Å². The van der Waals surface area contributed by atoms with E-state index in [9.17, 15) is 5.11 Å². The van der Waals surface area contributed by atoms with Crippen molar-refractivity contribution >= 4 is 0 Å². The molecule has 0 aromatic carbocycles. The third-order valence-corrected chi connectivity index (χ3v) is 5.37. The number of aliphatic hydroxyl groups excluding tert-OH is 1. The van der Waals surface area contributed by atoms with Gasteiger partial charge in [-0.1, -0.05) is 19.1 Å². The van der Waals surface area contributed by atoms with Crippen LogP contribution < -0.4 is 4.74 Å². The number of nitrogens with zero attached hydrogens (tertiary/aromatic N) is 4. The standard InChI is InChI=1S/C23H26N4O2/c1-4-22(28)21-8-6-16(11-26-21)19-12-24-15(3)27-23(19)29-13-17-9-18(17)20-7-5-14(2)10-25-20/h5-8,10-12,17-18,22,28H,4,9,13H2,1-3H3/t17-,18+,22?/m1/s1. The highest BCUT2D eigenvalue weighted by atomic mass is 16.5. The van der Waals surface area contributed by atoms with Crippen LogP contribution in [-0.2, 0) is 0 Å². The second-order valence-corrected chi connectivity index (χ2v) is 7.71. The van der Waals surface area contributed by atoms with E-state index < -0.39 is 6.10 Å². The van der Waals surface area contributed by atoms with Crippen LogP contribution >= 0.6 is 0 Å². The molecule has 0 saturated heterocycles. The highest BCUT2D eigenvalue weighted by molar-refractivity contribution is 5.66. The van der Waals surface area contributed by atoms with Gasteiger partial charge in [0.2, 0.25) is 5.88 Å². The molecule has 0 bridgehead atoms. The smallest absolute Gasteiger partial charge is 0.224 e. The lowest BCUT2D eigenvalue weighted by molar-refractivity contribution is 0.169. The van der Waals surface area contributed by atoms with Crippen LogP contribution in [0.2, 0.25) is 0 Å². The van der Waals surface area contributed by atoms with Gasteiger partial charge in [0.25, 0.3) is 0 Å². The van der Waals surface area contributed by atoms with Crippen molar-refractivity contribution in [2.45, 2.75) is 45.6 Å². The van der Waals surface area contributed by atoms with Crippen molar-refractivity contribution in [3.05, 3.63) is 65.6 Å². The summed E-state index contributed by atoms with van der Waals surface area (Å²) in [6.45, 7) is 6.43. The largest absolute Gasteiger partial charge is 0.477 e. The number of ether oxygens (including phenoxy) is 1. The zero-order chi connectivity index (χ0) is 20.4. The summed E-state index contributed by atoms with van der Waals surface area (Å²) < 4.78 is 6.11. The Balaban J connectivity index is 1.47. The lowest BCUT2D eigenvalue weighted by Crippen LogP contribution is -2.06. The lowest BCUT2D eigenvalue weighted by atomic mass is 10.1. The van der Waals surface area contributed by atoms with E-state index in [4.69, 9.17) is 4.74 Å². The van der Waals surface area contributed by atoms with Gasteiger partial charge in [-0.05, 0) is 44.4 Å². The van der Waals surface area contributed by atoms with E-state index in [0.717, 1.165) is 23.2 Å². The molecule has 4 rings (SSSR count). The van der Waals surface area contributed by atoms with Crippen LogP contribution in [0.25, 0.3) is 11.1 Å². The number of hydrogen-bond donors (Lipinski definition) is 1. The minimum atomic E-state index is -0.545. The zero-order valence-electron chi connectivity index (χ0n) is 17.0. The van der Waals surface area contributed by atoms with Gasteiger partial charge in [-0.2, -0.15) is 4.98 Å². The predicted octanol–water partition coefficient (Wildman–Crippen LogP) is 4.18. The average molecular weight is 390 g/mol. The minimum absolute atomic E-state index is 0.452. The van der Waals surface area contributed by atoms with Gasteiger partial charge >= 0.3 is 0 Å². The predicted molar refractivity (Wildman–Crippen MR) is 111 cm³/mol. The molecule has 6 nitrogen and oxygen atoms in total. The van der Waals surface area contributed by atoms with E-state index in [1.54, 1.807) is 12.4 Å². The van der Waals surface area contributed by atoms with Crippen LogP contribution in [0.15, 0.2) is 42.9 Å². The SMILES string of the molecule is CCC(O)c1ccc(-c2cnc(C)nc2OC[C@H]2C[C@@H]2c2ccc(C)cn2)cn1. The molecule has 29 heavy (non-hydrogen) atoms. The minimum Gasteiger partial charge on any atom is -0.477 e. The molecule has 3 heterocycles. The van der Waals surface area contributed by atoms with Crippen molar-refractivity contribution in [1.29, 1.82) is 0 Å². The molecule has 0 radical (unpaired) electrons. The third-order valence-electron chi connectivity index (χ3n) is 5.37.